The van der Waals surface area contributed by atoms with Crippen molar-refractivity contribution in [3.63, 3.8) is 0 Å². The number of carbonyl (C=O) groups excluding carboxylic acids is 1. The van der Waals surface area contributed by atoms with E-state index in [1.165, 1.54) is 6.92 Å². The lowest BCUT2D eigenvalue weighted by atomic mass is 9.91. The number of aliphatic imine (C=N–C) groups is 1. The number of rotatable bonds is 10. The number of carbonyl (C=O) groups is 1. The number of halogens is 13. The van der Waals surface area contributed by atoms with Gasteiger partial charge in [-0.3, -0.25) is 4.79 Å². The Balaban J connectivity index is 5.42. The van der Waals surface area contributed by atoms with Crippen LogP contribution < -0.4 is 0 Å². The smallest absolute Gasteiger partial charge is 0.267 e. The highest BCUT2D eigenvalue weighted by atomic mass is 19.4. The molecule has 0 saturated carbocycles. The van der Waals surface area contributed by atoms with Crippen molar-refractivity contribution >= 4 is 12.1 Å². The second-order valence-electron chi connectivity index (χ2n) is 6.14. The van der Waals surface area contributed by atoms with Gasteiger partial charge in [0.2, 0.25) is 0 Å². The Morgan fingerprint density at radius 2 is 1.20 bits per heavy atom. The van der Waals surface area contributed by atoms with E-state index in [0.717, 1.165) is 6.21 Å². The highest BCUT2D eigenvalue weighted by Gasteiger charge is 2.90. The summed E-state index contributed by atoms with van der Waals surface area (Å²) >= 11 is 0. The first-order valence-electron chi connectivity index (χ1n) is 7.76. The topological polar surface area (TPSA) is 29.4 Å². The van der Waals surface area contributed by atoms with Gasteiger partial charge in [-0.2, -0.15) is 57.1 Å². The maximum Gasteiger partial charge on any atom is 0.460 e. The monoisotopic (exact) mass is 471 g/mol. The van der Waals surface area contributed by atoms with Gasteiger partial charge in [-0.1, -0.05) is 6.58 Å². The Kier molecular flexibility index (Phi) is 8.20. The number of hydrogen-bond donors (Lipinski definition) is 0. The minimum atomic E-state index is -7.89. The third-order valence-corrected chi connectivity index (χ3v) is 3.65. The van der Waals surface area contributed by atoms with Gasteiger partial charge in [0, 0.05) is 18.2 Å². The van der Waals surface area contributed by atoms with Crippen LogP contribution in [0.2, 0.25) is 0 Å². The van der Waals surface area contributed by atoms with Crippen molar-refractivity contribution in [2.24, 2.45) is 4.99 Å². The molecule has 0 aliphatic carbocycles. The molecule has 0 heterocycles. The van der Waals surface area contributed by atoms with E-state index >= 15 is 0 Å². The van der Waals surface area contributed by atoms with Crippen LogP contribution in [0.3, 0.4) is 0 Å². The van der Waals surface area contributed by atoms with E-state index < -0.39 is 61.0 Å². The third-order valence-electron chi connectivity index (χ3n) is 3.65. The highest BCUT2D eigenvalue weighted by Crippen LogP contribution is 2.60. The first kappa shape index (κ1) is 28.2. The number of hydrogen-bond acceptors (Lipinski definition) is 1. The summed E-state index contributed by atoms with van der Waals surface area (Å²) in [7, 11) is 0. The van der Waals surface area contributed by atoms with Crippen molar-refractivity contribution in [1.29, 1.82) is 0 Å². The van der Waals surface area contributed by atoms with Crippen molar-refractivity contribution in [3.8, 4) is 0 Å². The molecule has 1 amide bonds. The first-order chi connectivity index (χ1) is 13.1. The van der Waals surface area contributed by atoms with E-state index in [9.17, 15) is 61.9 Å². The van der Waals surface area contributed by atoms with Gasteiger partial charge in [-0.05, 0) is 26.2 Å². The second kappa shape index (κ2) is 8.73. The zero-order chi connectivity index (χ0) is 24.4. The average molecular weight is 471 g/mol. The van der Waals surface area contributed by atoms with Crippen LogP contribution in [0.5, 0.6) is 0 Å². The SMILES string of the molecule is C=C(C)C(=O)N=CCCCCC(F)(F)C(F)(F)C(F)(F)C(F)(F)C(F)(F)C(F)(F)F. The van der Waals surface area contributed by atoms with Gasteiger partial charge in [0.25, 0.3) is 5.91 Å². The standard InChI is InChI=1S/C15H14F13NO/c1-8(2)9(30)29-7-5-3-4-6-10(16,17)11(18,19)12(20,21)13(22,23)14(24,25)15(26,27)28/h7H,1,3-6H2,2H3. The maximum atomic E-state index is 13.5. The van der Waals surface area contributed by atoms with Crippen molar-refractivity contribution in [1.82, 2.24) is 0 Å². The Morgan fingerprint density at radius 1 is 0.767 bits per heavy atom. The van der Waals surface area contributed by atoms with Crippen LogP contribution in [0.25, 0.3) is 0 Å². The molecular formula is C15H14F13NO. The van der Waals surface area contributed by atoms with E-state index in [1.54, 1.807) is 0 Å². The van der Waals surface area contributed by atoms with Gasteiger partial charge in [-0.15, -0.1) is 0 Å². The van der Waals surface area contributed by atoms with Gasteiger partial charge < -0.3 is 0 Å². The van der Waals surface area contributed by atoms with Crippen molar-refractivity contribution in [2.45, 2.75) is 68.4 Å². The van der Waals surface area contributed by atoms with Crippen LogP contribution in [0.4, 0.5) is 57.1 Å². The molecule has 0 bridgehead atoms. The zero-order valence-electron chi connectivity index (χ0n) is 14.9. The normalized spacial score (nSPS) is 15.0. The molecular weight excluding hydrogens is 457 g/mol. The molecule has 0 atom stereocenters. The van der Waals surface area contributed by atoms with Crippen molar-refractivity contribution < 1.29 is 61.9 Å². The molecule has 0 saturated heterocycles. The minimum Gasteiger partial charge on any atom is -0.267 e. The van der Waals surface area contributed by atoms with Crippen LogP contribution in [0, 0.1) is 0 Å². The molecule has 0 aromatic carbocycles. The fraction of sp³-hybridized carbons (Fsp3) is 0.733. The van der Waals surface area contributed by atoms with Crippen molar-refractivity contribution in [2.75, 3.05) is 0 Å². The Morgan fingerprint density at radius 3 is 1.60 bits per heavy atom. The van der Waals surface area contributed by atoms with Gasteiger partial charge >= 0.3 is 35.8 Å². The summed E-state index contributed by atoms with van der Waals surface area (Å²) in [5, 5.41) is 0. The summed E-state index contributed by atoms with van der Waals surface area (Å²) < 4.78 is 167. The molecule has 0 aromatic rings. The molecule has 0 N–H and O–H groups in total. The fourth-order valence-corrected chi connectivity index (χ4v) is 1.80. The molecule has 0 aliphatic rings. The lowest BCUT2D eigenvalue weighted by molar-refractivity contribution is -0.440. The predicted molar refractivity (Wildman–Crippen MR) is 77.6 cm³/mol. The number of unbranched alkanes of at least 4 members (excludes halogenated alkanes) is 2. The molecule has 2 nitrogen and oxygen atoms in total. The first-order valence-corrected chi connectivity index (χ1v) is 7.76. The summed E-state index contributed by atoms with van der Waals surface area (Å²) in [6, 6.07) is 0. The van der Waals surface area contributed by atoms with Gasteiger partial charge in [0.1, 0.15) is 0 Å². The lowest BCUT2D eigenvalue weighted by Gasteiger charge is -2.39. The van der Waals surface area contributed by atoms with E-state index in [4.69, 9.17) is 0 Å². The van der Waals surface area contributed by atoms with Crippen molar-refractivity contribution in [3.05, 3.63) is 12.2 Å². The molecule has 0 fully saturated rings. The second-order valence-corrected chi connectivity index (χ2v) is 6.14. The van der Waals surface area contributed by atoms with E-state index in [0.29, 0.717) is 0 Å². The molecule has 0 spiro atoms. The third kappa shape index (κ3) is 5.07. The van der Waals surface area contributed by atoms with Crippen LogP contribution in [0.1, 0.15) is 32.6 Å². The minimum absolute atomic E-state index is 0.0174. The number of amides is 1. The fourth-order valence-electron chi connectivity index (χ4n) is 1.80. The van der Waals surface area contributed by atoms with Crippen LogP contribution in [0.15, 0.2) is 17.1 Å². The summed E-state index contributed by atoms with van der Waals surface area (Å²) in [6.45, 7) is 4.47. The Labute approximate surface area is 160 Å². The number of alkyl halides is 13. The summed E-state index contributed by atoms with van der Waals surface area (Å²) in [4.78, 5) is 14.2. The Bertz CT molecular complexity index is 664. The highest BCUT2D eigenvalue weighted by molar-refractivity contribution is 5.97. The van der Waals surface area contributed by atoms with E-state index in [-0.39, 0.29) is 12.0 Å². The van der Waals surface area contributed by atoms with E-state index in [2.05, 4.69) is 11.6 Å². The molecule has 0 radical (unpaired) electrons. The molecule has 30 heavy (non-hydrogen) atoms. The molecule has 0 unspecified atom stereocenters. The van der Waals surface area contributed by atoms with Gasteiger partial charge in [-0.25, -0.2) is 4.99 Å². The van der Waals surface area contributed by atoms with E-state index in [1.807, 2.05) is 0 Å². The molecule has 15 heteroatoms. The largest absolute Gasteiger partial charge is 0.460 e. The summed E-state index contributed by atoms with van der Waals surface area (Å²) in [5.74, 6) is -37.5. The zero-order valence-corrected chi connectivity index (χ0v) is 14.9. The summed E-state index contributed by atoms with van der Waals surface area (Å²) in [6.07, 6.45) is -10.8. The maximum absolute atomic E-state index is 13.5. The average Bonchev–Trinajstić information content (AvgIpc) is 2.55. The van der Waals surface area contributed by atoms with Crippen LogP contribution >= 0.6 is 0 Å². The molecule has 176 valence electrons. The predicted octanol–water partition coefficient (Wildman–Crippen LogP) is 6.46. The Hall–Kier alpha value is -1.83. The van der Waals surface area contributed by atoms with Crippen LogP contribution in [-0.2, 0) is 4.79 Å². The quantitative estimate of drug-likeness (QED) is 0.156. The lowest BCUT2D eigenvalue weighted by Crippen LogP contribution is -2.70. The van der Waals surface area contributed by atoms with Crippen LogP contribution in [-0.4, -0.2) is 47.9 Å². The van der Waals surface area contributed by atoms with Gasteiger partial charge in [0.05, 0.1) is 0 Å². The molecule has 0 aliphatic heterocycles. The summed E-state index contributed by atoms with van der Waals surface area (Å²) in [5.41, 5.74) is -0.0174. The molecule has 0 rings (SSSR count). The molecule has 0 aromatic heterocycles. The number of nitrogens with zero attached hydrogens (tertiary/aromatic N) is 1. The van der Waals surface area contributed by atoms with Gasteiger partial charge in [0.15, 0.2) is 0 Å².